The van der Waals surface area contributed by atoms with Gasteiger partial charge in [0.2, 0.25) is 0 Å². The molecule has 0 aromatic rings. The molecular weight excluding hydrogens is 436 g/mol. The molecular formula is C27H40O7. The summed E-state index contributed by atoms with van der Waals surface area (Å²) >= 11 is 0. The number of carbonyl (C=O) groups excluding carboxylic acids is 4. The van der Waals surface area contributed by atoms with Crippen LogP contribution < -0.4 is 0 Å². The summed E-state index contributed by atoms with van der Waals surface area (Å²) in [7, 11) is 0. The first-order chi connectivity index (χ1) is 15.9. The highest BCUT2D eigenvalue weighted by atomic mass is 16.6. The molecule has 0 aromatic heterocycles. The van der Waals surface area contributed by atoms with Crippen molar-refractivity contribution in [2.45, 2.75) is 105 Å². The minimum absolute atomic E-state index is 0.0357. The zero-order valence-electron chi connectivity index (χ0n) is 21.4. The molecule has 0 aliphatic heterocycles. The fraction of sp³-hybridized carbons (Fsp3) is 0.852. The first-order valence-electron chi connectivity index (χ1n) is 12.9. The third-order valence-corrected chi connectivity index (χ3v) is 10.1. The van der Waals surface area contributed by atoms with Crippen LogP contribution in [0.1, 0.15) is 86.5 Å². The number of ketones is 1. The molecule has 0 heterocycles. The van der Waals surface area contributed by atoms with Crippen molar-refractivity contribution >= 4 is 23.7 Å². The molecule has 4 aliphatic rings. The Balaban J connectivity index is 1.74. The quantitative estimate of drug-likeness (QED) is 0.442. The van der Waals surface area contributed by atoms with Gasteiger partial charge in [-0.25, -0.2) is 0 Å². The van der Waals surface area contributed by atoms with Crippen LogP contribution in [0.4, 0.5) is 0 Å². The molecule has 4 fully saturated rings. The zero-order valence-corrected chi connectivity index (χ0v) is 21.4. The van der Waals surface area contributed by atoms with Crippen LogP contribution in [0, 0.1) is 40.4 Å². The van der Waals surface area contributed by atoms with Gasteiger partial charge in [0, 0.05) is 38.0 Å². The van der Waals surface area contributed by atoms with Gasteiger partial charge in [-0.3, -0.25) is 19.2 Å². The maximum absolute atomic E-state index is 12.7. The summed E-state index contributed by atoms with van der Waals surface area (Å²) in [5, 5.41) is 0. The fourth-order valence-electron chi connectivity index (χ4n) is 8.82. The number of esters is 3. The molecule has 190 valence electrons. The number of rotatable bonds is 4. The van der Waals surface area contributed by atoms with Crippen molar-refractivity contribution < 1.29 is 33.4 Å². The SMILES string of the molecule is CC(=O)OC1CC2C[C@H](OC(C)=O)CC[C@]2(C)[C@H]2C[C@H](OC(C)=O)[C@]3(C)[C@@H](C(C)=O)CC[C@H]3C12. The smallest absolute Gasteiger partial charge is 0.302 e. The van der Waals surface area contributed by atoms with Crippen molar-refractivity contribution in [1.29, 1.82) is 0 Å². The molecule has 0 spiro atoms. The molecule has 4 rings (SSSR count). The number of hydrogen-bond donors (Lipinski definition) is 0. The van der Waals surface area contributed by atoms with Crippen molar-refractivity contribution in [3.05, 3.63) is 0 Å². The van der Waals surface area contributed by atoms with Gasteiger partial charge in [0.25, 0.3) is 0 Å². The standard InChI is InChI=1S/C27H40O7/c1-14(28)20-7-8-21-25-22(13-24(27(20,21)6)34-17(4)31)26(5)10-9-19(32-15(2)29)11-18(26)12-23(25)33-16(3)30/h18-25H,7-13H2,1-6H3/t18?,19-,20-,21+,22+,23?,24+,25?,26+,27-/m1/s1. The van der Waals surface area contributed by atoms with Gasteiger partial charge in [-0.2, -0.15) is 0 Å². The molecule has 0 amide bonds. The predicted molar refractivity (Wildman–Crippen MR) is 123 cm³/mol. The lowest BCUT2D eigenvalue weighted by atomic mass is 9.43. The Labute approximate surface area is 202 Å². The summed E-state index contributed by atoms with van der Waals surface area (Å²) in [5.74, 6) is -0.185. The van der Waals surface area contributed by atoms with Crippen LogP contribution in [0.15, 0.2) is 0 Å². The van der Waals surface area contributed by atoms with Gasteiger partial charge in [-0.1, -0.05) is 13.8 Å². The normalized spacial score (nSPS) is 45.2. The second-order valence-corrected chi connectivity index (χ2v) is 11.8. The van der Waals surface area contributed by atoms with Crippen molar-refractivity contribution in [3.8, 4) is 0 Å². The van der Waals surface area contributed by atoms with Crippen molar-refractivity contribution in [2.75, 3.05) is 0 Å². The highest BCUT2D eigenvalue weighted by Gasteiger charge is 2.67. The van der Waals surface area contributed by atoms with Gasteiger partial charge in [0.05, 0.1) is 0 Å². The molecule has 0 aromatic carbocycles. The van der Waals surface area contributed by atoms with E-state index in [1.807, 2.05) is 0 Å². The van der Waals surface area contributed by atoms with Crippen molar-refractivity contribution in [3.63, 3.8) is 0 Å². The van der Waals surface area contributed by atoms with Crippen LogP contribution in [0.3, 0.4) is 0 Å². The van der Waals surface area contributed by atoms with Gasteiger partial charge in [0.1, 0.15) is 24.1 Å². The molecule has 7 heteroatoms. The number of carbonyl (C=O) groups is 4. The van der Waals surface area contributed by atoms with Crippen molar-refractivity contribution in [1.82, 2.24) is 0 Å². The summed E-state index contributed by atoms with van der Waals surface area (Å²) in [5.41, 5.74) is -0.499. The molecule has 7 nitrogen and oxygen atoms in total. The van der Waals surface area contributed by atoms with E-state index >= 15 is 0 Å². The van der Waals surface area contributed by atoms with Gasteiger partial charge in [-0.15, -0.1) is 0 Å². The average molecular weight is 477 g/mol. The summed E-state index contributed by atoms with van der Waals surface area (Å²) in [6, 6.07) is 0. The lowest BCUT2D eigenvalue weighted by Crippen LogP contribution is -2.63. The minimum Gasteiger partial charge on any atom is -0.463 e. The van der Waals surface area contributed by atoms with E-state index in [0.717, 1.165) is 38.5 Å². The highest BCUT2D eigenvalue weighted by Crippen LogP contribution is 2.68. The number of ether oxygens (including phenoxy) is 3. The van der Waals surface area contributed by atoms with Crippen LogP contribution in [0.25, 0.3) is 0 Å². The molecule has 3 unspecified atom stereocenters. The first-order valence-corrected chi connectivity index (χ1v) is 12.9. The Bertz CT molecular complexity index is 867. The molecule has 0 N–H and O–H groups in total. The Morgan fingerprint density at radius 1 is 0.735 bits per heavy atom. The van der Waals surface area contributed by atoms with Gasteiger partial charge < -0.3 is 14.2 Å². The van der Waals surface area contributed by atoms with Crippen LogP contribution >= 0.6 is 0 Å². The molecule has 0 bridgehead atoms. The monoisotopic (exact) mass is 476 g/mol. The summed E-state index contributed by atoms with van der Waals surface area (Å²) in [6.45, 7) is 10.4. The lowest BCUT2D eigenvalue weighted by molar-refractivity contribution is -0.222. The molecule has 0 saturated heterocycles. The van der Waals surface area contributed by atoms with Crippen LogP contribution in [0.2, 0.25) is 0 Å². The minimum atomic E-state index is -0.463. The van der Waals surface area contributed by atoms with E-state index in [0.29, 0.717) is 6.42 Å². The lowest BCUT2D eigenvalue weighted by Gasteiger charge is -2.63. The fourth-order valence-corrected chi connectivity index (χ4v) is 8.82. The maximum atomic E-state index is 12.7. The van der Waals surface area contributed by atoms with E-state index < -0.39 is 5.41 Å². The van der Waals surface area contributed by atoms with E-state index in [1.165, 1.54) is 20.8 Å². The highest BCUT2D eigenvalue weighted by molar-refractivity contribution is 5.80. The number of Topliss-reactive ketones (excluding diaryl/α,β-unsaturated/α-hetero) is 1. The Morgan fingerprint density at radius 3 is 1.97 bits per heavy atom. The van der Waals surface area contributed by atoms with Crippen LogP contribution in [-0.2, 0) is 33.4 Å². The van der Waals surface area contributed by atoms with E-state index in [1.54, 1.807) is 6.92 Å². The van der Waals surface area contributed by atoms with E-state index in [9.17, 15) is 19.2 Å². The predicted octanol–water partition coefficient (Wildman–Crippen LogP) is 4.25. The zero-order chi connectivity index (χ0) is 25.0. The molecule has 34 heavy (non-hydrogen) atoms. The second-order valence-electron chi connectivity index (χ2n) is 11.8. The third kappa shape index (κ3) is 4.07. The Kier molecular flexibility index (Phi) is 6.62. The number of fused-ring (bicyclic) bond motifs is 5. The number of hydrogen-bond acceptors (Lipinski definition) is 7. The summed E-state index contributed by atoms with van der Waals surface area (Å²) < 4.78 is 17.6. The van der Waals surface area contributed by atoms with E-state index in [-0.39, 0.29) is 77.0 Å². The topological polar surface area (TPSA) is 96.0 Å². The van der Waals surface area contributed by atoms with E-state index in [4.69, 9.17) is 14.2 Å². The second kappa shape index (κ2) is 8.94. The van der Waals surface area contributed by atoms with Crippen LogP contribution in [-0.4, -0.2) is 42.0 Å². The molecule has 0 radical (unpaired) electrons. The largest absolute Gasteiger partial charge is 0.463 e. The third-order valence-electron chi connectivity index (χ3n) is 10.1. The van der Waals surface area contributed by atoms with Gasteiger partial charge in [-0.05, 0) is 75.0 Å². The van der Waals surface area contributed by atoms with Gasteiger partial charge in [0.15, 0.2) is 0 Å². The van der Waals surface area contributed by atoms with Gasteiger partial charge >= 0.3 is 17.9 Å². The van der Waals surface area contributed by atoms with E-state index in [2.05, 4.69) is 13.8 Å². The summed E-state index contributed by atoms with van der Waals surface area (Å²) in [6.07, 6.45) is 4.84. The molecule has 10 atom stereocenters. The van der Waals surface area contributed by atoms with Crippen LogP contribution in [0.5, 0.6) is 0 Å². The first kappa shape index (κ1) is 25.2. The average Bonchev–Trinajstić information content (AvgIpc) is 3.07. The molecule has 4 aliphatic carbocycles. The molecule has 4 saturated carbocycles. The summed E-state index contributed by atoms with van der Waals surface area (Å²) in [4.78, 5) is 48.7. The Morgan fingerprint density at radius 2 is 1.38 bits per heavy atom. The van der Waals surface area contributed by atoms with Crippen molar-refractivity contribution in [2.24, 2.45) is 40.4 Å². The maximum Gasteiger partial charge on any atom is 0.302 e. The Hall–Kier alpha value is -1.92.